The number of carbonyl (C=O) groups excluding carboxylic acids is 1. The van der Waals surface area contributed by atoms with Gasteiger partial charge in [-0.3, -0.25) is 0 Å². The minimum Gasteiger partial charge on any atom is -0.472 e. The van der Waals surface area contributed by atoms with Gasteiger partial charge in [0.25, 0.3) is 0 Å². The highest BCUT2D eigenvalue weighted by Crippen LogP contribution is 2.63. The highest BCUT2D eigenvalue weighted by atomic mass is 16.6. The third-order valence-corrected chi connectivity index (χ3v) is 6.83. The first-order valence-corrected chi connectivity index (χ1v) is 8.91. The molecule has 2 aliphatic carbocycles. The summed E-state index contributed by atoms with van der Waals surface area (Å²) in [5, 5.41) is 10.9. The van der Waals surface area contributed by atoms with E-state index >= 15 is 0 Å². The molecule has 1 aromatic heterocycles. The van der Waals surface area contributed by atoms with Gasteiger partial charge in [-0.15, -0.1) is 0 Å². The summed E-state index contributed by atoms with van der Waals surface area (Å²) in [4.78, 5) is 12.2. The van der Waals surface area contributed by atoms with E-state index in [0.29, 0.717) is 0 Å². The lowest BCUT2D eigenvalue weighted by molar-refractivity contribution is -0.176. The van der Waals surface area contributed by atoms with Crippen molar-refractivity contribution in [3.05, 3.63) is 35.3 Å². The number of fused-ring (bicyclic) bond motifs is 1. The molecule has 1 saturated heterocycles. The molecule has 1 saturated carbocycles. The fourth-order valence-electron chi connectivity index (χ4n) is 5.68. The summed E-state index contributed by atoms with van der Waals surface area (Å²) in [5.74, 6) is 0.269. The minimum absolute atomic E-state index is 0.0846. The molecule has 0 radical (unpaired) electrons. The molecular formula is C19H22O5. The van der Waals surface area contributed by atoms with Crippen molar-refractivity contribution in [3.63, 3.8) is 0 Å². The van der Waals surface area contributed by atoms with Crippen molar-refractivity contribution < 1.29 is 23.8 Å². The van der Waals surface area contributed by atoms with Crippen LogP contribution in [0.4, 0.5) is 0 Å². The van der Waals surface area contributed by atoms with Crippen molar-refractivity contribution >= 4 is 5.97 Å². The SMILES string of the molecule is CC1CC2OC(=O)C3=C2C(CCC3)C12CC(c1ccoc1)OC2O. The minimum atomic E-state index is -0.819. The van der Waals surface area contributed by atoms with E-state index in [0.717, 1.165) is 43.2 Å². The summed E-state index contributed by atoms with van der Waals surface area (Å²) < 4.78 is 16.8. The molecule has 2 fully saturated rings. The molecule has 0 bridgehead atoms. The Morgan fingerprint density at radius 2 is 2.21 bits per heavy atom. The van der Waals surface area contributed by atoms with Gasteiger partial charge in [0.15, 0.2) is 6.29 Å². The molecule has 5 heteroatoms. The van der Waals surface area contributed by atoms with E-state index in [9.17, 15) is 9.90 Å². The summed E-state index contributed by atoms with van der Waals surface area (Å²) in [5.41, 5.74) is 2.68. The van der Waals surface area contributed by atoms with Gasteiger partial charge in [0, 0.05) is 16.6 Å². The first-order valence-electron chi connectivity index (χ1n) is 8.91. The highest BCUT2D eigenvalue weighted by Gasteiger charge is 2.63. The number of aliphatic hydroxyl groups is 1. The summed E-state index contributed by atoms with van der Waals surface area (Å²) in [6, 6.07) is 1.90. The van der Waals surface area contributed by atoms with Crippen LogP contribution in [0.25, 0.3) is 0 Å². The molecule has 5 rings (SSSR count). The van der Waals surface area contributed by atoms with Crippen molar-refractivity contribution in [1.82, 2.24) is 0 Å². The summed E-state index contributed by atoms with van der Waals surface area (Å²) in [7, 11) is 0. The summed E-state index contributed by atoms with van der Waals surface area (Å²) >= 11 is 0. The Labute approximate surface area is 140 Å². The molecular weight excluding hydrogens is 308 g/mol. The Hall–Kier alpha value is -1.59. The van der Waals surface area contributed by atoms with Gasteiger partial charge in [0.1, 0.15) is 6.10 Å². The number of rotatable bonds is 1. The van der Waals surface area contributed by atoms with Crippen LogP contribution in [0.1, 0.15) is 50.7 Å². The largest absolute Gasteiger partial charge is 0.472 e. The van der Waals surface area contributed by atoms with Crippen LogP contribution in [0.3, 0.4) is 0 Å². The third kappa shape index (κ3) is 1.74. The Kier molecular flexibility index (Phi) is 3.04. The van der Waals surface area contributed by atoms with Crippen molar-refractivity contribution in [1.29, 1.82) is 0 Å². The lowest BCUT2D eigenvalue weighted by Gasteiger charge is -2.50. The Balaban J connectivity index is 1.58. The van der Waals surface area contributed by atoms with Crippen LogP contribution in [0, 0.1) is 17.3 Å². The zero-order chi connectivity index (χ0) is 16.5. The van der Waals surface area contributed by atoms with Gasteiger partial charge in [0.2, 0.25) is 0 Å². The van der Waals surface area contributed by atoms with Gasteiger partial charge in [-0.25, -0.2) is 4.79 Å². The van der Waals surface area contributed by atoms with Gasteiger partial charge in [-0.05, 0) is 55.6 Å². The third-order valence-electron chi connectivity index (χ3n) is 6.83. The summed E-state index contributed by atoms with van der Waals surface area (Å²) in [6.07, 6.45) is 6.60. The summed E-state index contributed by atoms with van der Waals surface area (Å²) in [6.45, 7) is 2.17. The van der Waals surface area contributed by atoms with Crippen LogP contribution in [0.2, 0.25) is 0 Å². The number of furan rings is 1. The number of aliphatic hydroxyl groups excluding tert-OH is 1. The van der Waals surface area contributed by atoms with Crippen LogP contribution < -0.4 is 0 Å². The average molecular weight is 330 g/mol. The lowest BCUT2D eigenvalue weighted by atomic mass is 9.53. The number of hydrogen-bond acceptors (Lipinski definition) is 5. The Bertz CT molecular complexity index is 705. The number of ether oxygens (including phenoxy) is 2. The molecule has 24 heavy (non-hydrogen) atoms. The second-order valence-electron chi connectivity index (χ2n) is 7.76. The van der Waals surface area contributed by atoms with E-state index in [-0.39, 0.29) is 35.4 Å². The van der Waals surface area contributed by atoms with E-state index in [1.54, 1.807) is 12.5 Å². The molecule has 6 unspecified atom stereocenters. The first kappa shape index (κ1) is 14.7. The molecule has 0 amide bonds. The van der Waals surface area contributed by atoms with Gasteiger partial charge in [0.05, 0.1) is 18.6 Å². The molecule has 128 valence electrons. The van der Waals surface area contributed by atoms with E-state index in [1.165, 1.54) is 5.57 Å². The normalized spacial score (nSPS) is 44.1. The molecule has 3 heterocycles. The van der Waals surface area contributed by atoms with Crippen molar-refractivity contribution in [3.8, 4) is 0 Å². The first-order chi connectivity index (χ1) is 11.6. The monoisotopic (exact) mass is 330 g/mol. The number of carbonyl (C=O) groups is 1. The lowest BCUT2D eigenvalue weighted by Crippen LogP contribution is -2.51. The molecule has 0 aromatic carbocycles. The van der Waals surface area contributed by atoms with E-state index in [2.05, 4.69) is 6.92 Å². The van der Waals surface area contributed by atoms with Crippen LogP contribution in [-0.4, -0.2) is 23.5 Å². The van der Waals surface area contributed by atoms with Gasteiger partial charge in [-0.2, -0.15) is 0 Å². The molecule has 4 aliphatic rings. The Morgan fingerprint density at radius 3 is 3.00 bits per heavy atom. The van der Waals surface area contributed by atoms with E-state index < -0.39 is 6.29 Å². The topological polar surface area (TPSA) is 68.9 Å². The van der Waals surface area contributed by atoms with Gasteiger partial charge in [-0.1, -0.05) is 6.92 Å². The quantitative estimate of drug-likeness (QED) is 0.801. The second-order valence-corrected chi connectivity index (χ2v) is 7.76. The van der Waals surface area contributed by atoms with Crippen LogP contribution in [0.5, 0.6) is 0 Å². The van der Waals surface area contributed by atoms with Crippen LogP contribution in [-0.2, 0) is 14.3 Å². The molecule has 1 aromatic rings. The zero-order valence-corrected chi connectivity index (χ0v) is 13.7. The number of esters is 1. The predicted molar refractivity (Wildman–Crippen MR) is 83.6 cm³/mol. The molecule has 1 N–H and O–H groups in total. The van der Waals surface area contributed by atoms with E-state index in [4.69, 9.17) is 13.9 Å². The van der Waals surface area contributed by atoms with Gasteiger partial charge < -0.3 is 19.0 Å². The fraction of sp³-hybridized carbons (Fsp3) is 0.632. The Morgan fingerprint density at radius 1 is 1.33 bits per heavy atom. The van der Waals surface area contributed by atoms with Crippen molar-refractivity contribution in [2.45, 2.75) is 57.5 Å². The predicted octanol–water partition coefficient (Wildman–Crippen LogP) is 3.11. The average Bonchev–Trinajstić information content (AvgIpc) is 3.26. The molecule has 5 nitrogen and oxygen atoms in total. The van der Waals surface area contributed by atoms with Crippen molar-refractivity contribution in [2.24, 2.45) is 17.3 Å². The smallest absolute Gasteiger partial charge is 0.334 e. The maximum absolute atomic E-state index is 12.2. The van der Waals surface area contributed by atoms with Crippen LogP contribution in [0.15, 0.2) is 34.2 Å². The molecule has 2 aliphatic heterocycles. The molecule has 6 atom stereocenters. The zero-order valence-electron chi connectivity index (χ0n) is 13.7. The van der Waals surface area contributed by atoms with Gasteiger partial charge >= 0.3 is 5.97 Å². The van der Waals surface area contributed by atoms with Crippen LogP contribution >= 0.6 is 0 Å². The molecule has 1 spiro atoms. The standard InChI is InChI=1S/C19H22O5/c1-10-7-14-16-12(17(20)23-14)3-2-4-13(16)19(10)8-15(24-18(19)21)11-5-6-22-9-11/h5-6,9-10,13-15,18,21H,2-4,7-8H2,1H3. The maximum Gasteiger partial charge on any atom is 0.334 e. The second kappa shape index (κ2) is 4.96. The number of hydrogen-bond donors (Lipinski definition) is 1. The van der Waals surface area contributed by atoms with E-state index in [1.807, 2.05) is 6.07 Å². The maximum atomic E-state index is 12.2. The fourth-order valence-corrected chi connectivity index (χ4v) is 5.68. The highest BCUT2D eigenvalue weighted by molar-refractivity contribution is 5.92. The van der Waals surface area contributed by atoms with Crippen molar-refractivity contribution in [2.75, 3.05) is 0 Å².